The van der Waals surface area contributed by atoms with E-state index in [2.05, 4.69) is 10.2 Å². The average molecular weight is 380 g/mol. The number of nitrogens with zero attached hydrogens (tertiary/aromatic N) is 2. The first-order valence-corrected chi connectivity index (χ1v) is 9.63. The molecule has 1 aromatic rings. The predicted molar refractivity (Wildman–Crippen MR) is 100 cm³/mol. The predicted octanol–water partition coefficient (Wildman–Crippen LogP) is 1.32. The molecule has 0 radical (unpaired) electrons. The summed E-state index contributed by atoms with van der Waals surface area (Å²) in [6.07, 6.45) is 2.30. The van der Waals surface area contributed by atoms with Gasteiger partial charge in [-0.1, -0.05) is 23.7 Å². The van der Waals surface area contributed by atoms with Crippen molar-refractivity contribution < 1.29 is 14.3 Å². The van der Waals surface area contributed by atoms with Crippen molar-refractivity contribution in [1.82, 2.24) is 15.1 Å². The number of amides is 2. The first-order chi connectivity index (χ1) is 12.6. The molecule has 0 saturated carbocycles. The van der Waals surface area contributed by atoms with Gasteiger partial charge in [0, 0.05) is 44.4 Å². The molecule has 2 saturated heterocycles. The molecular weight excluding hydrogens is 354 g/mol. The molecule has 2 fully saturated rings. The highest BCUT2D eigenvalue weighted by molar-refractivity contribution is 6.30. The topological polar surface area (TPSA) is 61.9 Å². The minimum atomic E-state index is -0.253. The van der Waals surface area contributed by atoms with Crippen molar-refractivity contribution in [1.29, 1.82) is 0 Å². The average Bonchev–Trinajstić information content (AvgIpc) is 3.16. The Hall–Kier alpha value is -1.63. The Morgan fingerprint density at radius 3 is 2.73 bits per heavy atom. The zero-order valence-corrected chi connectivity index (χ0v) is 15.7. The number of piperazine rings is 1. The summed E-state index contributed by atoms with van der Waals surface area (Å²) in [4.78, 5) is 28.4. The van der Waals surface area contributed by atoms with E-state index in [0.29, 0.717) is 37.8 Å². The zero-order chi connectivity index (χ0) is 18.4. The minimum absolute atomic E-state index is 0.0194. The third-order valence-electron chi connectivity index (χ3n) is 4.88. The molecule has 2 aliphatic rings. The highest BCUT2D eigenvalue weighted by Crippen LogP contribution is 2.16. The molecule has 26 heavy (non-hydrogen) atoms. The van der Waals surface area contributed by atoms with Crippen molar-refractivity contribution >= 4 is 23.4 Å². The van der Waals surface area contributed by atoms with Crippen LogP contribution in [0.1, 0.15) is 18.4 Å². The summed E-state index contributed by atoms with van der Waals surface area (Å²) in [5.74, 6) is 0.124. The van der Waals surface area contributed by atoms with Crippen LogP contribution in [0.5, 0.6) is 0 Å². The lowest BCUT2D eigenvalue weighted by Crippen LogP contribution is -2.53. The molecule has 2 amide bonds. The summed E-state index contributed by atoms with van der Waals surface area (Å²) in [7, 11) is 0. The standard InChI is InChI=1S/C19H26ClN3O3/c20-16-4-1-3-15(13-16)6-7-21-18(24)14-22-8-10-23(11-9-22)19(25)17-5-2-12-26-17/h1,3-4,13,17H,2,5-12,14H2,(H,21,24). The monoisotopic (exact) mass is 379 g/mol. The maximum absolute atomic E-state index is 12.3. The second kappa shape index (κ2) is 9.35. The van der Waals surface area contributed by atoms with Crippen molar-refractivity contribution in [2.24, 2.45) is 0 Å². The van der Waals surface area contributed by atoms with Crippen LogP contribution in [-0.4, -0.2) is 73.6 Å². The van der Waals surface area contributed by atoms with Gasteiger partial charge in [-0.15, -0.1) is 0 Å². The van der Waals surface area contributed by atoms with Crippen molar-refractivity contribution in [2.75, 3.05) is 45.9 Å². The van der Waals surface area contributed by atoms with Crippen LogP contribution >= 0.6 is 11.6 Å². The summed E-state index contributed by atoms with van der Waals surface area (Å²) in [6.45, 7) is 4.42. The van der Waals surface area contributed by atoms with Gasteiger partial charge in [-0.2, -0.15) is 0 Å². The van der Waals surface area contributed by atoms with E-state index in [1.54, 1.807) is 0 Å². The molecule has 0 aromatic heterocycles. The third kappa shape index (κ3) is 5.43. The molecular formula is C19H26ClN3O3. The largest absolute Gasteiger partial charge is 0.368 e. The Morgan fingerprint density at radius 1 is 1.23 bits per heavy atom. The van der Waals surface area contributed by atoms with Gasteiger partial charge in [0.2, 0.25) is 5.91 Å². The lowest BCUT2D eigenvalue weighted by molar-refractivity contribution is -0.142. The van der Waals surface area contributed by atoms with E-state index in [0.717, 1.165) is 37.9 Å². The van der Waals surface area contributed by atoms with Crippen molar-refractivity contribution in [3.8, 4) is 0 Å². The van der Waals surface area contributed by atoms with Crippen LogP contribution in [0, 0.1) is 0 Å². The molecule has 0 bridgehead atoms. The maximum Gasteiger partial charge on any atom is 0.251 e. The fourth-order valence-electron chi connectivity index (χ4n) is 3.40. The lowest BCUT2D eigenvalue weighted by atomic mass is 10.1. The van der Waals surface area contributed by atoms with Gasteiger partial charge >= 0.3 is 0 Å². The van der Waals surface area contributed by atoms with Crippen LogP contribution in [0.2, 0.25) is 5.02 Å². The molecule has 0 spiro atoms. The van der Waals surface area contributed by atoms with Gasteiger partial charge in [-0.25, -0.2) is 0 Å². The Labute approximate surface area is 159 Å². The number of nitrogens with one attached hydrogen (secondary N) is 1. The number of hydrogen-bond acceptors (Lipinski definition) is 4. The number of carbonyl (C=O) groups excluding carboxylic acids is 2. The van der Waals surface area contributed by atoms with Gasteiger partial charge in [0.1, 0.15) is 6.10 Å². The smallest absolute Gasteiger partial charge is 0.251 e. The molecule has 6 nitrogen and oxygen atoms in total. The van der Waals surface area contributed by atoms with Gasteiger partial charge in [-0.3, -0.25) is 14.5 Å². The summed E-state index contributed by atoms with van der Waals surface area (Å²) in [5, 5.41) is 3.66. The van der Waals surface area contributed by atoms with E-state index in [1.807, 2.05) is 29.2 Å². The second-order valence-corrected chi connectivity index (χ2v) is 7.27. The Bertz CT molecular complexity index is 626. The highest BCUT2D eigenvalue weighted by Gasteiger charge is 2.30. The molecule has 1 aromatic carbocycles. The van der Waals surface area contributed by atoms with Crippen LogP contribution < -0.4 is 5.32 Å². The van der Waals surface area contributed by atoms with Crippen LogP contribution in [0.3, 0.4) is 0 Å². The molecule has 142 valence electrons. The van der Waals surface area contributed by atoms with Gasteiger partial charge < -0.3 is 15.0 Å². The number of carbonyl (C=O) groups is 2. The molecule has 2 aliphatic heterocycles. The van der Waals surface area contributed by atoms with Gasteiger partial charge in [0.05, 0.1) is 6.54 Å². The number of benzene rings is 1. The van der Waals surface area contributed by atoms with E-state index < -0.39 is 0 Å². The van der Waals surface area contributed by atoms with Crippen LogP contribution in [0.25, 0.3) is 0 Å². The molecule has 1 N–H and O–H groups in total. The molecule has 7 heteroatoms. The highest BCUT2D eigenvalue weighted by atomic mass is 35.5. The lowest BCUT2D eigenvalue weighted by Gasteiger charge is -2.35. The minimum Gasteiger partial charge on any atom is -0.368 e. The van der Waals surface area contributed by atoms with Crippen molar-refractivity contribution in [3.63, 3.8) is 0 Å². The van der Waals surface area contributed by atoms with E-state index in [1.165, 1.54) is 0 Å². The third-order valence-corrected chi connectivity index (χ3v) is 5.12. The Kier molecular flexibility index (Phi) is 6.88. The molecule has 0 aliphatic carbocycles. The first kappa shape index (κ1) is 19.1. The summed E-state index contributed by atoms with van der Waals surface area (Å²) < 4.78 is 5.47. The number of halogens is 1. The Balaban J connectivity index is 1.33. The fourth-order valence-corrected chi connectivity index (χ4v) is 3.61. The fraction of sp³-hybridized carbons (Fsp3) is 0.579. The molecule has 1 unspecified atom stereocenters. The van der Waals surface area contributed by atoms with Gasteiger partial charge in [0.25, 0.3) is 5.91 Å². The molecule has 1 atom stereocenters. The summed E-state index contributed by atoms with van der Waals surface area (Å²) in [5.41, 5.74) is 1.11. The maximum atomic E-state index is 12.3. The van der Waals surface area contributed by atoms with Gasteiger partial charge in [0.15, 0.2) is 0 Å². The first-order valence-electron chi connectivity index (χ1n) is 9.26. The number of hydrogen-bond donors (Lipinski definition) is 1. The quantitative estimate of drug-likeness (QED) is 0.809. The van der Waals surface area contributed by atoms with Crippen LogP contribution in [0.15, 0.2) is 24.3 Å². The number of ether oxygens (including phenoxy) is 1. The molecule has 3 rings (SSSR count). The van der Waals surface area contributed by atoms with E-state index in [-0.39, 0.29) is 17.9 Å². The van der Waals surface area contributed by atoms with E-state index >= 15 is 0 Å². The zero-order valence-electron chi connectivity index (χ0n) is 15.0. The SMILES string of the molecule is O=C(CN1CCN(C(=O)C2CCCO2)CC1)NCCc1cccc(Cl)c1. The molecule has 2 heterocycles. The summed E-state index contributed by atoms with van der Waals surface area (Å²) >= 11 is 5.96. The Morgan fingerprint density at radius 2 is 2.04 bits per heavy atom. The summed E-state index contributed by atoms with van der Waals surface area (Å²) in [6, 6.07) is 7.67. The van der Waals surface area contributed by atoms with Crippen LogP contribution in [0.4, 0.5) is 0 Å². The van der Waals surface area contributed by atoms with Crippen LogP contribution in [-0.2, 0) is 20.7 Å². The van der Waals surface area contributed by atoms with E-state index in [9.17, 15) is 9.59 Å². The van der Waals surface area contributed by atoms with E-state index in [4.69, 9.17) is 16.3 Å². The van der Waals surface area contributed by atoms with Crippen molar-refractivity contribution in [2.45, 2.75) is 25.4 Å². The van der Waals surface area contributed by atoms with Gasteiger partial charge in [-0.05, 0) is 37.0 Å². The second-order valence-electron chi connectivity index (χ2n) is 6.83. The normalized spacial score (nSPS) is 21.0. The van der Waals surface area contributed by atoms with Crippen molar-refractivity contribution in [3.05, 3.63) is 34.9 Å². The number of rotatable bonds is 6.